The van der Waals surface area contributed by atoms with Crippen molar-refractivity contribution >= 4 is 11.7 Å². The molecule has 0 unspecified atom stereocenters. The summed E-state index contributed by atoms with van der Waals surface area (Å²) in [5, 5.41) is 17.0. The summed E-state index contributed by atoms with van der Waals surface area (Å²) in [7, 11) is 0. The molecule has 0 aliphatic rings. The van der Waals surface area contributed by atoms with Gasteiger partial charge >= 0.3 is 5.82 Å². The smallest absolute Gasteiger partial charge is 0.389 e. The van der Waals surface area contributed by atoms with Gasteiger partial charge in [0.25, 0.3) is 0 Å². The Balaban J connectivity index is 1.85. The molecule has 1 aromatic carbocycles. The van der Waals surface area contributed by atoms with E-state index in [0.717, 1.165) is 5.56 Å². The van der Waals surface area contributed by atoms with E-state index in [1.54, 1.807) is 0 Å². The van der Waals surface area contributed by atoms with Crippen molar-refractivity contribution in [3.05, 3.63) is 46.1 Å². The van der Waals surface area contributed by atoms with E-state index in [9.17, 15) is 14.9 Å². The Morgan fingerprint density at radius 3 is 2.62 bits per heavy atom. The zero-order chi connectivity index (χ0) is 18.9. The van der Waals surface area contributed by atoms with Crippen LogP contribution in [0.2, 0.25) is 0 Å². The van der Waals surface area contributed by atoms with Gasteiger partial charge in [-0.1, -0.05) is 6.07 Å². The predicted octanol–water partition coefficient (Wildman–Crippen LogP) is 1.95. The maximum absolute atomic E-state index is 11.9. The van der Waals surface area contributed by atoms with Crippen LogP contribution in [-0.2, 0) is 17.8 Å². The highest BCUT2D eigenvalue weighted by atomic mass is 16.6. The van der Waals surface area contributed by atoms with Crippen LogP contribution < -0.4 is 14.8 Å². The number of aromatic nitrogens is 2. The Hall–Kier alpha value is -3.10. The molecule has 0 spiro atoms. The minimum absolute atomic E-state index is 0.0681. The Bertz CT molecular complexity index is 759. The zero-order valence-electron chi connectivity index (χ0n) is 14.8. The highest BCUT2D eigenvalue weighted by molar-refractivity contribution is 5.75. The van der Waals surface area contributed by atoms with Crippen molar-refractivity contribution in [1.82, 2.24) is 15.1 Å². The lowest BCUT2D eigenvalue weighted by Gasteiger charge is -2.12. The van der Waals surface area contributed by atoms with E-state index < -0.39 is 4.92 Å². The first kappa shape index (κ1) is 19.2. The summed E-state index contributed by atoms with van der Waals surface area (Å²) in [6.45, 7) is 5.27. The number of carbonyl (C=O) groups excluding carboxylic acids is 1. The van der Waals surface area contributed by atoms with Crippen LogP contribution in [0.25, 0.3) is 0 Å². The second kappa shape index (κ2) is 9.40. The summed E-state index contributed by atoms with van der Waals surface area (Å²) < 4.78 is 12.3. The van der Waals surface area contributed by atoms with Crippen LogP contribution in [0.4, 0.5) is 5.82 Å². The number of amides is 1. The van der Waals surface area contributed by atoms with Gasteiger partial charge in [-0.15, -0.1) is 0 Å². The monoisotopic (exact) mass is 362 g/mol. The maximum Gasteiger partial charge on any atom is 0.389 e. The molecule has 9 nitrogen and oxygen atoms in total. The van der Waals surface area contributed by atoms with Crippen LogP contribution >= 0.6 is 0 Å². The molecule has 1 amide bonds. The third-order valence-corrected chi connectivity index (χ3v) is 3.46. The van der Waals surface area contributed by atoms with Crippen molar-refractivity contribution in [3.8, 4) is 11.5 Å². The topological polar surface area (TPSA) is 109 Å². The van der Waals surface area contributed by atoms with Crippen LogP contribution in [0.1, 0.15) is 19.4 Å². The lowest BCUT2D eigenvalue weighted by atomic mass is 10.1. The standard InChI is InChI=1S/C17H22N4O5/c1-3-25-14-6-5-13(11-15(14)26-4-2)7-9-18-17(22)12-20-10-8-16(19-20)21(23)24/h5-6,8,10-11H,3-4,7,9,12H2,1-2H3,(H,18,22). The van der Waals surface area contributed by atoms with Gasteiger partial charge in [0.05, 0.1) is 30.6 Å². The summed E-state index contributed by atoms with van der Waals surface area (Å²) >= 11 is 0. The molecule has 0 fully saturated rings. The molecule has 2 rings (SSSR count). The van der Waals surface area contributed by atoms with Crippen LogP contribution in [0.5, 0.6) is 11.5 Å². The van der Waals surface area contributed by atoms with E-state index >= 15 is 0 Å². The quantitative estimate of drug-likeness (QED) is 0.511. The molecule has 0 radical (unpaired) electrons. The molecule has 0 aliphatic heterocycles. The second-order valence-electron chi connectivity index (χ2n) is 5.38. The first-order valence-electron chi connectivity index (χ1n) is 8.36. The van der Waals surface area contributed by atoms with Gasteiger partial charge in [-0.05, 0) is 42.9 Å². The molecule has 1 heterocycles. The number of nitro groups is 1. The second-order valence-corrected chi connectivity index (χ2v) is 5.38. The van der Waals surface area contributed by atoms with Gasteiger partial charge in [0, 0.05) is 6.54 Å². The Labute approximate surface area is 151 Å². The molecular formula is C17H22N4O5. The molecule has 26 heavy (non-hydrogen) atoms. The summed E-state index contributed by atoms with van der Waals surface area (Å²) in [4.78, 5) is 21.9. The van der Waals surface area contributed by atoms with E-state index in [-0.39, 0.29) is 18.3 Å². The minimum Gasteiger partial charge on any atom is -0.490 e. The molecule has 140 valence electrons. The van der Waals surface area contributed by atoms with Crippen molar-refractivity contribution in [2.75, 3.05) is 19.8 Å². The number of hydrogen-bond acceptors (Lipinski definition) is 6. The van der Waals surface area contributed by atoms with Crippen molar-refractivity contribution in [2.45, 2.75) is 26.8 Å². The largest absolute Gasteiger partial charge is 0.490 e. The third kappa shape index (κ3) is 5.47. The lowest BCUT2D eigenvalue weighted by molar-refractivity contribution is -0.389. The van der Waals surface area contributed by atoms with Crippen LogP contribution in [0.3, 0.4) is 0 Å². The number of carbonyl (C=O) groups is 1. The molecule has 1 aromatic heterocycles. The summed E-state index contributed by atoms with van der Waals surface area (Å²) in [6.07, 6.45) is 2.02. The van der Waals surface area contributed by atoms with Gasteiger partial charge in [0.1, 0.15) is 6.54 Å². The normalized spacial score (nSPS) is 10.4. The number of ether oxygens (including phenoxy) is 2. The fourth-order valence-electron chi connectivity index (χ4n) is 2.34. The van der Waals surface area contributed by atoms with E-state index in [0.29, 0.717) is 37.7 Å². The van der Waals surface area contributed by atoms with Crippen molar-refractivity contribution in [3.63, 3.8) is 0 Å². The van der Waals surface area contributed by atoms with E-state index in [1.807, 2.05) is 32.0 Å². The Morgan fingerprint density at radius 2 is 1.96 bits per heavy atom. The molecule has 2 aromatic rings. The highest BCUT2D eigenvalue weighted by Gasteiger charge is 2.13. The number of rotatable bonds is 10. The third-order valence-electron chi connectivity index (χ3n) is 3.46. The molecule has 0 saturated carbocycles. The molecular weight excluding hydrogens is 340 g/mol. The molecule has 0 aliphatic carbocycles. The minimum atomic E-state index is -0.601. The molecule has 1 N–H and O–H groups in total. The zero-order valence-corrected chi connectivity index (χ0v) is 14.8. The maximum atomic E-state index is 11.9. The number of hydrogen-bond donors (Lipinski definition) is 1. The van der Waals surface area contributed by atoms with Crippen LogP contribution in [0, 0.1) is 10.1 Å². The van der Waals surface area contributed by atoms with E-state index in [1.165, 1.54) is 16.9 Å². The average molecular weight is 362 g/mol. The van der Waals surface area contributed by atoms with Crippen LogP contribution in [0.15, 0.2) is 30.5 Å². The highest BCUT2D eigenvalue weighted by Crippen LogP contribution is 2.28. The molecule has 0 atom stereocenters. The van der Waals surface area contributed by atoms with Gasteiger partial charge < -0.3 is 24.9 Å². The van der Waals surface area contributed by atoms with Gasteiger partial charge in [-0.3, -0.25) is 4.79 Å². The van der Waals surface area contributed by atoms with Crippen LogP contribution in [-0.4, -0.2) is 40.4 Å². The van der Waals surface area contributed by atoms with Gasteiger partial charge in [0.15, 0.2) is 11.5 Å². The first-order chi connectivity index (χ1) is 12.5. The number of nitrogens with one attached hydrogen (secondary N) is 1. The summed E-state index contributed by atoms with van der Waals surface area (Å²) in [6, 6.07) is 6.94. The fraction of sp³-hybridized carbons (Fsp3) is 0.412. The lowest BCUT2D eigenvalue weighted by Crippen LogP contribution is -2.29. The number of nitrogens with zero attached hydrogens (tertiary/aromatic N) is 3. The van der Waals surface area contributed by atoms with Crippen molar-refractivity contribution in [1.29, 1.82) is 0 Å². The Morgan fingerprint density at radius 1 is 1.23 bits per heavy atom. The molecule has 0 saturated heterocycles. The average Bonchev–Trinajstić information content (AvgIpc) is 3.06. The summed E-state index contributed by atoms with van der Waals surface area (Å²) in [5.74, 6) is 0.832. The summed E-state index contributed by atoms with van der Waals surface area (Å²) in [5.41, 5.74) is 1.01. The van der Waals surface area contributed by atoms with Gasteiger partial charge in [-0.2, -0.15) is 4.68 Å². The Kier molecular flexibility index (Phi) is 6.95. The predicted molar refractivity (Wildman–Crippen MR) is 94.4 cm³/mol. The molecule has 0 bridgehead atoms. The van der Waals surface area contributed by atoms with E-state index in [4.69, 9.17) is 9.47 Å². The fourth-order valence-corrected chi connectivity index (χ4v) is 2.34. The van der Waals surface area contributed by atoms with Crippen molar-refractivity contribution in [2.24, 2.45) is 0 Å². The van der Waals surface area contributed by atoms with Crippen molar-refractivity contribution < 1.29 is 19.2 Å². The number of benzene rings is 1. The SMILES string of the molecule is CCOc1ccc(CCNC(=O)Cn2ccc([N+](=O)[O-])n2)cc1OCC. The van der Waals surface area contributed by atoms with Gasteiger partial charge in [0.2, 0.25) is 5.91 Å². The van der Waals surface area contributed by atoms with Gasteiger partial charge in [-0.25, -0.2) is 0 Å². The first-order valence-corrected chi connectivity index (χ1v) is 8.36. The molecule has 9 heteroatoms. The van der Waals surface area contributed by atoms with E-state index in [2.05, 4.69) is 10.4 Å².